The summed E-state index contributed by atoms with van der Waals surface area (Å²) in [5.41, 5.74) is 1.35. The molecule has 0 aliphatic carbocycles. The van der Waals surface area contributed by atoms with Crippen LogP contribution in [0, 0.1) is 5.92 Å². The molecule has 0 fully saturated rings. The number of hydrogen-bond acceptors (Lipinski definition) is 2. The molecule has 15 heavy (non-hydrogen) atoms. The average molecular weight is 205 g/mol. The van der Waals surface area contributed by atoms with E-state index < -0.39 is 0 Å². The first-order chi connectivity index (χ1) is 7.24. The summed E-state index contributed by atoms with van der Waals surface area (Å²) in [6.07, 6.45) is 0. The van der Waals surface area contributed by atoms with E-state index >= 15 is 0 Å². The van der Waals surface area contributed by atoms with Gasteiger partial charge in [-0.05, 0) is 19.0 Å². The highest BCUT2D eigenvalue weighted by molar-refractivity contribution is 5.40. The number of likely N-dealkylation sites (N-methyl/N-ethyl adjacent to an activating group) is 1. The lowest BCUT2D eigenvalue weighted by molar-refractivity contribution is 0.275. The second-order valence-corrected chi connectivity index (χ2v) is 4.51. The Labute approximate surface area is 91.6 Å². The molecule has 0 spiro atoms. The van der Waals surface area contributed by atoms with Gasteiger partial charge in [-0.3, -0.25) is 0 Å². The average Bonchev–Trinajstić information content (AvgIpc) is 2.63. The first-order valence-electron chi connectivity index (χ1n) is 5.63. The number of para-hydroxylation sites is 1. The molecule has 1 N–H and O–H groups in total. The minimum absolute atomic E-state index is 0.492. The fourth-order valence-electron chi connectivity index (χ4n) is 2.48. The fraction of sp³-hybridized carbons (Fsp3) is 0.538. The third-order valence-electron chi connectivity index (χ3n) is 3.22. The van der Waals surface area contributed by atoms with Crippen molar-refractivity contribution in [3.05, 3.63) is 29.8 Å². The van der Waals surface area contributed by atoms with Gasteiger partial charge in [0.1, 0.15) is 5.75 Å². The lowest BCUT2D eigenvalue weighted by Gasteiger charge is -2.25. The molecule has 2 atom stereocenters. The molecule has 2 heteroatoms. The largest absolute Gasteiger partial charge is 0.493 e. The summed E-state index contributed by atoms with van der Waals surface area (Å²) in [6.45, 7) is 5.31. The van der Waals surface area contributed by atoms with Gasteiger partial charge in [-0.2, -0.15) is 0 Å². The molecular weight excluding hydrogens is 186 g/mol. The maximum atomic E-state index is 5.70. The topological polar surface area (TPSA) is 21.3 Å². The van der Waals surface area contributed by atoms with E-state index in [-0.39, 0.29) is 0 Å². The predicted molar refractivity (Wildman–Crippen MR) is 62.4 cm³/mol. The van der Waals surface area contributed by atoms with Crippen LogP contribution in [0.15, 0.2) is 24.3 Å². The van der Waals surface area contributed by atoms with Gasteiger partial charge < -0.3 is 10.1 Å². The molecule has 0 bridgehead atoms. The fourth-order valence-corrected chi connectivity index (χ4v) is 2.48. The van der Waals surface area contributed by atoms with Crippen molar-refractivity contribution in [3.8, 4) is 5.75 Å². The van der Waals surface area contributed by atoms with Gasteiger partial charge in [0.25, 0.3) is 0 Å². The molecule has 1 aromatic rings. The zero-order valence-corrected chi connectivity index (χ0v) is 9.66. The SMILES string of the molecule is CNC(C(C)C)C1COc2ccccc21. The molecule has 0 amide bonds. The highest BCUT2D eigenvalue weighted by atomic mass is 16.5. The van der Waals surface area contributed by atoms with Crippen molar-refractivity contribution in [2.24, 2.45) is 5.92 Å². The van der Waals surface area contributed by atoms with E-state index in [0.29, 0.717) is 17.9 Å². The van der Waals surface area contributed by atoms with Crippen molar-refractivity contribution in [2.75, 3.05) is 13.7 Å². The molecule has 1 heterocycles. The van der Waals surface area contributed by atoms with Gasteiger partial charge in [-0.15, -0.1) is 0 Å². The first kappa shape index (κ1) is 10.5. The van der Waals surface area contributed by atoms with Gasteiger partial charge in [0.15, 0.2) is 0 Å². The van der Waals surface area contributed by atoms with Crippen LogP contribution in [0.3, 0.4) is 0 Å². The second kappa shape index (κ2) is 4.23. The summed E-state index contributed by atoms with van der Waals surface area (Å²) in [7, 11) is 2.03. The Morgan fingerprint density at radius 3 is 2.73 bits per heavy atom. The highest BCUT2D eigenvalue weighted by Crippen LogP contribution is 2.37. The lowest BCUT2D eigenvalue weighted by Crippen LogP contribution is -2.37. The van der Waals surface area contributed by atoms with Crippen LogP contribution >= 0.6 is 0 Å². The molecule has 82 valence electrons. The smallest absolute Gasteiger partial charge is 0.122 e. The Balaban J connectivity index is 2.26. The molecule has 2 rings (SSSR count). The van der Waals surface area contributed by atoms with E-state index in [1.807, 2.05) is 13.1 Å². The summed E-state index contributed by atoms with van der Waals surface area (Å²) in [6, 6.07) is 8.86. The Kier molecular flexibility index (Phi) is 2.96. The van der Waals surface area contributed by atoms with E-state index in [9.17, 15) is 0 Å². The number of ether oxygens (including phenoxy) is 1. The summed E-state index contributed by atoms with van der Waals surface area (Å²) in [5, 5.41) is 3.40. The van der Waals surface area contributed by atoms with Crippen LogP contribution in [0.4, 0.5) is 0 Å². The van der Waals surface area contributed by atoms with Crippen molar-refractivity contribution >= 4 is 0 Å². The highest BCUT2D eigenvalue weighted by Gasteiger charge is 2.31. The van der Waals surface area contributed by atoms with Crippen LogP contribution in [0.25, 0.3) is 0 Å². The first-order valence-corrected chi connectivity index (χ1v) is 5.63. The lowest BCUT2D eigenvalue weighted by atomic mass is 9.86. The zero-order valence-electron chi connectivity index (χ0n) is 9.66. The van der Waals surface area contributed by atoms with Crippen molar-refractivity contribution in [3.63, 3.8) is 0 Å². The van der Waals surface area contributed by atoms with Gasteiger partial charge in [0.2, 0.25) is 0 Å². The molecular formula is C13H19NO. The van der Waals surface area contributed by atoms with Gasteiger partial charge in [-0.25, -0.2) is 0 Å². The van der Waals surface area contributed by atoms with Crippen LogP contribution < -0.4 is 10.1 Å². The molecule has 1 aliphatic rings. The van der Waals surface area contributed by atoms with Crippen LogP contribution in [-0.4, -0.2) is 19.7 Å². The van der Waals surface area contributed by atoms with E-state index in [0.717, 1.165) is 12.4 Å². The normalized spacial score (nSPS) is 21.2. The summed E-state index contributed by atoms with van der Waals surface area (Å²) < 4.78 is 5.70. The minimum Gasteiger partial charge on any atom is -0.493 e. The predicted octanol–water partition coefficient (Wildman–Crippen LogP) is 2.41. The minimum atomic E-state index is 0.492. The summed E-state index contributed by atoms with van der Waals surface area (Å²) in [4.78, 5) is 0. The number of fused-ring (bicyclic) bond motifs is 1. The third-order valence-corrected chi connectivity index (χ3v) is 3.22. The van der Waals surface area contributed by atoms with Crippen LogP contribution in [0.2, 0.25) is 0 Å². The quantitative estimate of drug-likeness (QED) is 0.818. The van der Waals surface area contributed by atoms with E-state index in [4.69, 9.17) is 4.74 Å². The molecule has 1 aromatic carbocycles. The van der Waals surface area contributed by atoms with Crippen LogP contribution in [0.1, 0.15) is 25.3 Å². The standard InChI is InChI=1S/C13H19NO/c1-9(2)13(14-3)11-8-15-12-7-5-4-6-10(11)12/h4-7,9,11,13-14H,8H2,1-3H3. The Morgan fingerprint density at radius 2 is 2.07 bits per heavy atom. The maximum Gasteiger partial charge on any atom is 0.122 e. The van der Waals surface area contributed by atoms with Crippen molar-refractivity contribution in [2.45, 2.75) is 25.8 Å². The number of rotatable bonds is 3. The number of nitrogens with one attached hydrogen (secondary N) is 1. The zero-order chi connectivity index (χ0) is 10.8. The molecule has 1 aliphatic heterocycles. The second-order valence-electron chi connectivity index (χ2n) is 4.51. The van der Waals surface area contributed by atoms with Gasteiger partial charge in [0.05, 0.1) is 6.61 Å². The molecule has 0 radical (unpaired) electrons. The molecule has 0 saturated carbocycles. The summed E-state index contributed by atoms with van der Waals surface area (Å²) >= 11 is 0. The molecule has 2 nitrogen and oxygen atoms in total. The van der Waals surface area contributed by atoms with E-state index in [2.05, 4.69) is 37.4 Å². The van der Waals surface area contributed by atoms with Crippen LogP contribution in [-0.2, 0) is 0 Å². The summed E-state index contributed by atoms with van der Waals surface area (Å²) in [5.74, 6) is 2.17. The Bertz CT molecular complexity index is 335. The third kappa shape index (κ3) is 1.86. The van der Waals surface area contributed by atoms with Crippen molar-refractivity contribution in [1.29, 1.82) is 0 Å². The van der Waals surface area contributed by atoms with Crippen molar-refractivity contribution in [1.82, 2.24) is 5.32 Å². The number of hydrogen-bond donors (Lipinski definition) is 1. The van der Waals surface area contributed by atoms with Crippen LogP contribution in [0.5, 0.6) is 5.75 Å². The maximum absolute atomic E-state index is 5.70. The van der Waals surface area contributed by atoms with Gasteiger partial charge in [0, 0.05) is 17.5 Å². The molecule has 2 unspecified atom stereocenters. The van der Waals surface area contributed by atoms with Gasteiger partial charge in [-0.1, -0.05) is 32.0 Å². The molecule has 0 saturated heterocycles. The van der Waals surface area contributed by atoms with E-state index in [1.165, 1.54) is 5.56 Å². The Hall–Kier alpha value is -1.02. The monoisotopic (exact) mass is 205 g/mol. The molecule has 0 aromatic heterocycles. The Morgan fingerprint density at radius 1 is 1.33 bits per heavy atom. The van der Waals surface area contributed by atoms with Gasteiger partial charge >= 0.3 is 0 Å². The van der Waals surface area contributed by atoms with E-state index in [1.54, 1.807) is 0 Å². The van der Waals surface area contributed by atoms with Crippen molar-refractivity contribution < 1.29 is 4.74 Å². The number of benzene rings is 1.